The monoisotopic (exact) mass is 536 g/mol. The quantitative estimate of drug-likeness (QED) is 0.179. The maximum atomic E-state index is 13.9. The number of fused-ring (bicyclic) bond motifs is 1. The smallest absolute Gasteiger partial charge is 0.334 e. The number of aldehydes is 1. The average Bonchev–Trinajstić information content (AvgIpc) is 3.52. The summed E-state index contributed by atoms with van der Waals surface area (Å²) >= 11 is 0. The van der Waals surface area contributed by atoms with Crippen molar-refractivity contribution in [2.75, 3.05) is 6.61 Å². The first-order chi connectivity index (χ1) is 19.2. The Labute approximate surface area is 234 Å². The van der Waals surface area contributed by atoms with E-state index in [0.29, 0.717) is 39.9 Å². The Morgan fingerprint density at radius 3 is 2.42 bits per heavy atom. The van der Waals surface area contributed by atoms with Crippen molar-refractivity contribution in [1.82, 2.24) is 0 Å². The molecular formula is C34H32O6. The number of benzene rings is 2. The van der Waals surface area contributed by atoms with Crippen LogP contribution in [0.15, 0.2) is 87.8 Å². The molecule has 1 aromatic heterocycles. The molecule has 0 saturated carbocycles. The van der Waals surface area contributed by atoms with E-state index < -0.39 is 17.8 Å². The highest BCUT2D eigenvalue weighted by molar-refractivity contribution is 6.06. The van der Waals surface area contributed by atoms with E-state index >= 15 is 0 Å². The first kappa shape index (κ1) is 27.1. The van der Waals surface area contributed by atoms with Crippen molar-refractivity contribution >= 4 is 24.1 Å². The van der Waals surface area contributed by atoms with Gasteiger partial charge >= 0.3 is 5.97 Å². The summed E-state index contributed by atoms with van der Waals surface area (Å²) in [4.78, 5) is 38.1. The van der Waals surface area contributed by atoms with Gasteiger partial charge in [0.1, 0.15) is 23.6 Å². The zero-order valence-electron chi connectivity index (χ0n) is 23.3. The number of aryl methyl sites for hydroxylation is 1. The molecule has 0 N–H and O–H groups in total. The predicted octanol–water partition coefficient (Wildman–Crippen LogP) is 7.31. The number of carbonyl (C=O) groups is 3. The minimum Gasteiger partial charge on any atom is -0.463 e. The number of ketones is 1. The summed E-state index contributed by atoms with van der Waals surface area (Å²) in [6, 6.07) is 17.0. The van der Waals surface area contributed by atoms with Crippen molar-refractivity contribution in [1.29, 1.82) is 0 Å². The van der Waals surface area contributed by atoms with E-state index in [4.69, 9.17) is 13.9 Å². The fraction of sp³-hybridized carbons (Fsp3) is 0.265. The highest BCUT2D eigenvalue weighted by Crippen LogP contribution is 2.48. The number of rotatable bonds is 7. The standard InChI is InChI=1S/C34H32O6/c1-6-38-34(37)30-21(5)16-28-32(31(30)24-10-8-23(9-11-24)19(2)3)33(36)29(40-28)17-25-12-14-27(39-25)26-13-7-22(18-35)15-20(26)4/h7-19,31-32H,6H2,1-5H3/b29-17-. The number of hydrogen-bond donors (Lipinski definition) is 0. The predicted molar refractivity (Wildman–Crippen MR) is 153 cm³/mol. The van der Waals surface area contributed by atoms with Gasteiger partial charge in [-0.1, -0.05) is 50.2 Å². The van der Waals surface area contributed by atoms with Crippen LogP contribution in [0, 0.1) is 12.8 Å². The molecule has 1 fully saturated rings. The van der Waals surface area contributed by atoms with Gasteiger partial charge in [-0.15, -0.1) is 0 Å². The van der Waals surface area contributed by atoms with E-state index in [1.54, 1.807) is 37.3 Å². The third kappa shape index (κ3) is 4.97. The number of Topliss-reactive ketones (excluding diaryl/α,β-unsaturated/α-hetero) is 1. The van der Waals surface area contributed by atoms with Gasteiger partial charge in [-0.05, 0) is 73.2 Å². The molecular weight excluding hydrogens is 504 g/mol. The lowest BCUT2D eigenvalue weighted by atomic mass is 9.73. The minimum atomic E-state index is -0.688. The molecule has 5 rings (SSSR count). The minimum absolute atomic E-state index is 0.159. The molecule has 40 heavy (non-hydrogen) atoms. The number of allylic oxidation sites excluding steroid dienone is 4. The van der Waals surface area contributed by atoms with Crippen molar-refractivity contribution < 1.29 is 28.3 Å². The van der Waals surface area contributed by atoms with Crippen LogP contribution < -0.4 is 0 Å². The van der Waals surface area contributed by atoms with Crippen LogP contribution in [0.2, 0.25) is 0 Å². The molecule has 2 heterocycles. The largest absolute Gasteiger partial charge is 0.463 e. The highest BCUT2D eigenvalue weighted by atomic mass is 16.5. The Morgan fingerprint density at radius 2 is 1.77 bits per heavy atom. The summed E-state index contributed by atoms with van der Waals surface area (Å²) in [5, 5.41) is 0. The number of furan rings is 1. The second-order valence-electron chi connectivity index (χ2n) is 10.5. The zero-order chi connectivity index (χ0) is 28.6. The van der Waals surface area contributed by atoms with Crippen LogP contribution in [-0.4, -0.2) is 24.6 Å². The average molecular weight is 537 g/mol. The SMILES string of the molecule is CCOC(=O)C1=C(C)C=C2O/C(=C\c3ccc(-c4ccc(C=O)cc4C)o3)C(=O)C2C1c1ccc(C(C)C)cc1. The molecule has 2 aromatic carbocycles. The lowest BCUT2D eigenvalue weighted by Crippen LogP contribution is -2.28. The summed E-state index contributed by atoms with van der Waals surface area (Å²) in [5.41, 5.74) is 5.57. The molecule has 1 aliphatic heterocycles. The first-order valence-corrected chi connectivity index (χ1v) is 13.5. The number of ether oxygens (including phenoxy) is 2. The molecule has 6 nitrogen and oxygen atoms in total. The van der Waals surface area contributed by atoms with Crippen molar-refractivity contribution in [2.45, 2.75) is 46.5 Å². The maximum Gasteiger partial charge on any atom is 0.334 e. The van der Waals surface area contributed by atoms with E-state index in [9.17, 15) is 14.4 Å². The van der Waals surface area contributed by atoms with Gasteiger partial charge in [0.05, 0.1) is 12.5 Å². The molecule has 3 aromatic rings. The Morgan fingerprint density at radius 1 is 1.02 bits per heavy atom. The Kier molecular flexibility index (Phi) is 7.44. The molecule has 2 unspecified atom stereocenters. The Balaban J connectivity index is 1.50. The van der Waals surface area contributed by atoms with Gasteiger partial charge in [-0.3, -0.25) is 9.59 Å². The van der Waals surface area contributed by atoms with Crippen LogP contribution in [0.3, 0.4) is 0 Å². The molecule has 0 radical (unpaired) electrons. The molecule has 1 aliphatic carbocycles. The summed E-state index contributed by atoms with van der Waals surface area (Å²) in [5.74, 6) is 0.232. The van der Waals surface area contributed by atoms with E-state index in [-0.39, 0.29) is 18.1 Å². The number of hydrogen-bond acceptors (Lipinski definition) is 6. The van der Waals surface area contributed by atoms with Crippen LogP contribution >= 0.6 is 0 Å². The fourth-order valence-electron chi connectivity index (χ4n) is 5.45. The fourth-order valence-corrected chi connectivity index (χ4v) is 5.45. The van der Waals surface area contributed by atoms with E-state index in [1.807, 2.05) is 50.2 Å². The highest BCUT2D eigenvalue weighted by Gasteiger charge is 2.48. The lowest BCUT2D eigenvalue weighted by molar-refractivity contribution is -0.139. The van der Waals surface area contributed by atoms with E-state index in [2.05, 4.69) is 13.8 Å². The van der Waals surface area contributed by atoms with Gasteiger partial charge in [0, 0.05) is 28.7 Å². The Hall–Kier alpha value is -4.45. The second kappa shape index (κ2) is 11.0. The van der Waals surface area contributed by atoms with Gasteiger partial charge < -0.3 is 13.9 Å². The first-order valence-electron chi connectivity index (χ1n) is 13.5. The molecule has 204 valence electrons. The van der Waals surface area contributed by atoms with Gasteiger partial charge in [0.15, 0.2) is 5.76 Å². The lowest BCUT2D eigenvalue weighted by Gasteiger charge is -2.29. The molecule has 2 aliphatic rings. The van der Waals surface area contributed by atoms with Gasteiger partial charge in [-0.2, -0.15) is 0 Å². The number of esters is 1. The maximum absolute atomic E-state index is 13.9. The normalized spacial score (nSPS) is 19.5. The molecule has 0 bridgehead atoms. The van der Waals surface area contributed by atoms with Crippen LogP contribution in [-0.2, 0) is 19.1 Å². The van der Waals surface area contributed by atoms with Crippen LogP contribution in [0.25, 0.3) is 17.4 Å². The molecule has 0 amide bonds. The van der Waals surface area contributed by atoms with Gasteiger partial charge in [0.25, 0.3) is 0 Å². The van der Waals surface area contributed by atoms with Crippen molar-refractivity contribution in [2.24, 2.45) is 5.92 Å². The van der Waals surface area contributed by atoms with E-state index in [0.717, 1.165) is 23.0 Å². The second-order valence-corrected chi connectivity index (χ2v) is 10.5. The Bertz CT molecular complexity index is 1580. The molecule has 1 saturated heterocycles. The molecule has 2 atom stereocenters. The topological polar surface area (TPSA) is 82.8 Å². The summed E-state index contributed by atoms with van der Waals surface area (Å²) in [6.45, 7) is 10.0. The molecule has 0 spiro atoms. The van der Waals surface area contributed by atoms with Gasteiger partial charge in [0.2, 0.25) is 5.78 Å². The van der Waals surface area contributed by atoms with Crippen molar-refractivity contribution in [3.8, 4) is 11.3 Å². The summed E-state index contributed by atoms with van der Waals surface area (Å²) < 4.78 is 17.6. The third-order valence-electron chi connectivity index (χ3n) is 7.50. The van der Waals surface area contributed by atoms with Crippen LogP contribution in [0.1, 0.15) is 72.3 Å². The van der Waals surface area contributed by atoms with Crippen LogP contribution in [0.5, 0.6) is 0 Å². The van der Waals surface area contributed by atoms with E-state index in [1.165, 1.54) is 5.56 Å². The van der Waals surface area contributed by atoms with Crippen molar-refractivity contribution in [3.05, 3.63) is 111 Å². The van der Waals surface area contributed by atoms with Gasteiger partial charge in [-0.25, -0.2) is 4.79 Å². The summed E-state index contributed by atoms with van der Waals surface area (Å²) in [7, 11) is 0. The third-order valence-corrected chi connectivity index (χ3v) is 7.50. The summed E-state index contributed by atoms with van der Waals surface area (Å²) in [6.07, 6.45) is 4.17. The number of carbonyl (C=O) groups excluding carboxylic acids is 3. The molecule has 6 heteroatoms. The van der Waals surface area contributed by atoms with Crippen molar-refractivity contribution in [3.63, 3.8) is 0 Å². The van der Waals surface area contributed by atoms with Crippen LogP contribution in [0.4, 0.5) is 0 Å². The zero-order valence-corrected chi connectivity index (χ0v) is 23.3.